The van der Waals surface area contributed by atoms with Crippen molar-refractivity contribution in [2.45, 2.75) is 51.1 Å². The molecule has 47 heavy (non-hydrogen) atoms. The third-order valence-corrected chi connectivity index (χ3v) is 9.09. The lowest BCUT2D eigenvalue weighted by atomic mass is 9.95. The first-order valence-corrected chi connectivity index (χ1v) is 15.8. The van der Waals surface area contributed by atoms with Crippen LogP contribution in [0.1, 0.15) is 51.9 Å². The van der Waals surface area contributed by atoms with Crippen molar-refractivity contribution >= 4 is 11.7 Å². The predicted octanol–water partition coefficient (Wildman–Crippen LogP) is 6.82. The summed E-state index contributed by atoms with van der Waals surface area (Å²) in [6.45, 7) is 6.45. The van der Waals surface area contributed by atoms with E-state index in [0.29, 0.717) is 36.0 Å². The number of halogens is 6. The number of carbonyl (C=O) groups excluding carboxylic acids is 1. The number of hydrogen-bond donors (Lipinski definition) is 0. The largest absolute Gasteiger partial charge is 0.477 e. The highest BCUT2D eigenvalue weighted by Gasteiger charge is 2.38. The summed E-state index contributed by atoms with van der Waals surface area (Å²) in [6.07, 6.45) is -7.81. The number of piperidine rings is 1. The SMILES string of the molecule is Cc1ccccc1-c1cc(N2CCC(N3CCOCC3)CC2)nc2c1C(=O)N(Cc1cc(C(F)(F)F)cc(C(F)(F)F)c1)CCCO2. The van der Waals surface area contributed by atoms with Crippen LogP contribution in [-0.4, -0.2) is 79.3 Å². The van der Waals surface area contributed by atoms with Crippen molar-refractivity contribution < 1.29 is 40.6 Å². The van der Waals surface area contributed by atoms with Crippen LogP contribution in [0.25, 0.3) is 11.1 Å². The normalized spacial score (nSPS) is 18.8. The predicted molar refractivity (Wildman–Crippen MR) is 163 cm³/mol. The molecule has 0 radical (unpaired) electrons. The molecule has 252 valence electrons. The van der Waals surface area contributed by atoms with Gasteiger partial charge in [-0.05, 0) is 67.1 Å². The second kappa shape index (κ2) is 13.3. The van der Waals surface area contributed by atoms with Gasteiger partial charge >= 0.3 is 12.4 Å². The maximum atomic E-state index is 14.3. The second-order valence-electron chi connectivity index (χ2n) is 12.2. The van der Waals surface area contributed by atoms with Gasteiger partial charge in [0.2, 0.25) is 5.88 Å². The van der Waals surface area contributed by atoms with Crippen LogP contribution in [0.2, 0.25) is 0 Å². The van der Waals surface area contributed by atoms with Crippen molar-refractivity contribution in [1.82, 2.24) is 14.8 Å². The van der Waals surface area contributed by atoms with Crippen molar-refractivity contribution in [2.24, 2.45) is 0 Å². The third-order valence-electron chi connectivity index (χ3n) is 9.09. The van der Waals surface area contributed by atoms with Crippen LogP contribution < -0.4 is 9.64 Å². The van der Waals surface area contributed by atoms with Gasteiger partial charge in [0.05, 0.1) is 30.9 Å². The van der Waals surface area contributed by atoms with Crippen LogP contribution in [0.3, 0.4) is 0 Å². The molecule has 3 aliphatic heterocycles. The van der Waals surface area contributed by atoms with Crippen molar-refractivity contribution in [1.29, 1.82) is 0 Å². The molecule has 13 heteroatoms. The maximum absolute atomic E-state index is 14.3. The zero-order chi connectivity index (χ0) is 33.3. The van der Waals surface area contributed by atoms with E-state index in [4.69, 9.17) is 14.5 Å². The number of alkyl halides is 6. The first kappa shape index (κ1) is 33.1. The van der Waals surface area contributed by atoms with E-state index in [2.05, 4.69) is 9.80 Å². The van der Waals surface area contributed by atoms with Gasteiger partial charge in [-0.15, -0.1) is 0 Å². The van der Waals surface area contributed by atoms with Gasteiger partial charge in [0.1, 0.15) is 11.4 Å². The van der Waals surface area contributed by atoms with Crippen molar-refractivity contribution in [3.05, 3.63) is 76.3 Å². The van der Waals surface area contributed by atoms with Gasteiger partial charge in [0.15, 0.2) is 0 Å². The van der Waals surface area contributed by atoms with Gasteiger partial charge in [-0.2, -0.15) is 31.3 Å². The molecule has 2 saturated heterocycles. The van der Waals surface area contributed by atoms with Gasteiger partial charge in [0, 0.05) is 50.9 Å². The van der Waals surface area contributed by atoms with E-state index >= 15 is 0 Å². The molecule has 0 N–H and O–H groups in total. The molecule has 0 aliphatic carbocycles. The molecule has 0 bridgehead atoms. The highest BCUT2D eigenvalue weighted by molar-refractivity contribution is 6.04. The Morgan fingerprint density at radius 3 is 2.13 bits per heavy atom. The lowest BCUT2D eigenvalue weighted by Crippen LogP contribution is -2.49. The smallest absolute Gasteiger partial charge is 0.416 e. The number of nitrogens with zero attached hydrogens (tertiary/aromatic N) is 4. The summed E-state index contributed by atoms with van der Waals surface area (Å²) >= 11 is 0. The number of anilines is 1. The molecule has 1 aromatic heterocycles. The molecule has 0 unspecified atom stereocenters. The van der Waals surface area contributed by atoms with Gasteiger partial charge in [-0.25, -0.2) is 0 Å². The number of aryl methyl sites for hydroxylation is 1. The molecule has 0 saturated carbocycles. The zero-order valence-corrected chi connectivity index (χ0v) is 26.0. The number of hydrogen-bond acceptors (Lipinski definition) is 6. The van der Waals surface area contributed by atoms with E-state index in [0.717, 1.165) is 63.4 Å². The first-order valence-electron chi connectivity index (χ1n) is 15.8. The van der Waals surface area contributed by atoms with E-state index in [1.807, 2.05) is 37.3 Å². The molecule has 3 aromatic rings. The number of ether oxygens (including phenoxy) is 2. The summed E-state index contributed by atoms with van der Waals surface area (Å²) in [5.74, 6) is 0.176. The average molecular weight is 663 g/mol. The number of carbonyl (C=O) groups is 1. The highest BCUT2D eigenvalue weighted by Crippen LogP contribution is 2.39. The Hall–Kier alpha value is -3.84. The molecule has 1 amide bonds. The summed E-state index contributed by atoms with van der Waals surface area (Å²) in [6, 6.07) is 11.2. The number of aromatic nitrogens is 1. The summed E-state index contributed by atoms with van der Waals surface area (Å²) in [5.41, 5.74) is -0.791. The number of amides is 1. The minimum atomic E-state index is -4.99. The number of benzene rings is 2. The van der Waals surface area contributed by atoms with Crippen LogP contribution in [0.4, 0.5) is 32.2 Å². The fourth-order valence-corrected chi connectivity index (χ4v) is 6.64. The van der Waals surface area contributed by atoms with E-state index in [-0.39, 0.29) is 36.2 Å². The molecular formula is C34H36F6N4O3. The monoisotopic (exact) mass is 662 g/mol. The van der Waals surface area contributed by atoms with E-state index in [1.165, 1.54) is 4.90 Å². The summed E-state index contributed by atoms with van der Waals surface area (Å²) < 4.78 is 93.2. The minimum Gasteiger partial charge on any atom is -0.477 e. The molecule has 0 spiro atoms. The average Bonchev–Trinajstić information content (AvgIpc) is 3.04. The van der Waals surface area contributed by atoms with Crippen molar-refractivity contribution in [3.8, 4) is 17.0 Å². The van der Waals surface area contributed by atoms with Gasteiger partial charge < -0.3 is 19.3 Å². The minimum absolute atomic E-state index is 0.0693. The quantitative estimate of drug-likeness (QED) is 0.280. The standard InChI is InChI=1S/C34H36F6N4O3/c1-22-5-2-3-6-27(22)28-20-29(43-10-7-26(8-11-43)42-12-15-46-16-13-42)41-31-30(28)32(45)44(9-4-14-47-31)21-23-17-24(33(35,36)37)19-25(18-23)34(38,39)40/h2-3,5-6,17-20,26H,4,7-16,21H2,1H3. The molecule has 4 heterocycles. The van der Waals surface area contributed by atoms with Crippen LogP contribution in [0, 0.1) is 6.92 Å². The van der Waals surface area contributed by atoms with Crippen LogP contribution in [-0.2, 0) is 23.6 Å². The summed E-state index contributed by atoms with van der Waals surface area (Å²) in [5, 5.41) is 0. The Kier molecular flexibility index (Phi) is 9.39. The fraction of sp³-hybridized carbons (Fsp3) is 0.471. The number of morpholine rings is 1. The fourth-order valence-electron chi connectivity index (χ4n) is 6.64. The van der Waals surface area contributed by atoms with E-state index in [9.17, 15) is 31.1 Å². The van der Waals surface area contributed by atoms with Crippen molar-refractivity contribution in [3.63, 3.8) is 0 Å². The molecule has 6 rings (SSSR count). The molecule has 2 fully saturated rings. The highest BCUT2D eigenvalue weighted by atomic mass is 19.4. The molecule has 7 nitrogen and oxygen atoms in total. The van der Waals surface area contributed by atoms with Gasteiger partial charge in [0.25, 0.3) is 5.91 Å². The molecule has 2 aromatic carbocycles. The summed E-state index contributed by atoms with van der Waals surface area (Å²) in [4.78, 5) is 25.0. The van der Waals surface area contributed by atoms with Gasteiger partial charge in [-0.3, -0.25) is 9.69 Å². The van der Waals surface area contributed by atoms with Crippen molar-refractivity contribution in [2.75, 3.05) is 57.4 Å². The molecular weight excluding hydrogens is 626 g/mol. The Morgan fingerprint density at radius 1 is 0.830 bits per heavy atom. The van der Waals surface area contributed by atoms with Crippen LogP contribution in [0.15, 0.2) is 48.5 Å². The molecule has 0 atom stereocenters. The number of rotatable bonds is 5. The number of fused-ring (bicyclic) bond motifs is 1. The topological polar surface area (TPSA) is 58.1 Å². The van der Waals surface area contributed by atoms with E-state index < -0.39 is 35.9 Å². The Morgan fingerprint density at radius 2 is 1.49 bits per heavy atom. The van der Waals surface area contributed by atoms with Gasteiger partial charge in [-0.1, -0.05) is 24.3 Å². The summed E-state index contributed by atoms with van der Waals surface area (Å²) in [7, 11) is 0. The lowest BCUT2D eigenvalue weighted by Gasteiger charge is -2.40. The molecule has 3 aliphatic rings. The first-order chi connectivity index (χ1) is 22.4. The zero-order valence-electron chi connectivity index (χ0n) is 26.0. The second-order valence-corrected chi connectivity index (χ2v) is 12.2. The maximum Gasteiger partial charge on any atom is 0.416 e. The third kappa shape index (κ3) is 7.35. The number of pyridine rings is 1. The Labute approximate surface area is 269 Å². The van der Waals surface area contributed by atoms with E-state index in [1.54, 1.807) is 0 Å². The van der Waals surface area contributed by atoms with Crippen LogP contribution in [0.5, 0.6) is 5.88 Å². The Bertz CT molecular complexity index is 1570. The van der Waals surface area contributed by atoms with Crippen LogP contribution >= 0.6 is 0 Å². The lowest BCUT2D eigenvalue weighted by molar-refractivity contribution is -0.143. The Balaban J connectivity index is 1.36.